The number of hydrogen-bond acceptors (Lipinski definition) is 1. The molecule has 0 atom stereocenters. The van der Waals surface area contributed by atoms with Crippen molar-refractivity contribution in [3.05, 3.63) is 64.7 Å². The predicted molar refractivity (Wildman–Crippen MR) is 86.3 cm³/mol. The number of alkyl halides is 3. The lowest BCUT2D eigenvalue weighted by atomic mass is 10.1. The highest BCUT2D eigenvalue weighted by Crippen LogP contribution is 2.29. The fraction of sp³-hybridized carbons (Fsp3) is 0.235. The number of nitrogens with zero attached hydrogens (tertiary/aromatic N) is 1. The Labute approximate surface area is 133 Å². The molecule has 6 heteroatoms. The van der Waals surface area contributed by atoms with Gasteiger partial charge in [0.2, 0.25) is 0 Å². The molecule has 23 heavy (non-hydrogen) atoms. The van der Waals surface area contributed by atoms with E-state index in [1.54, 1.807) is 6.07 Å². The van der Waals surface area contributed by atoms with E-state index < -0.39 is 11.7 Å². The molecule has 3 N–H and O–H groups in total. The smallest absolute Gasteiger partial charge is 0.370 e. The van der Waals surface area contributed by atoms with Gasteiger partial charge in [-0.25, -0.2) is 4.99 Å². The number of aliphatic imine (C=N–C) groups is 1. The van der Waals surface area contributed by atoms with Gasteiger partial charge in [0, 0.05) is 5.69 Å². The van der Waals surface area contributed by atoms with Crippen LogP contribution in [0.3, 0.4) is 0 Å². The van der Waals surface area contributed by atoms with Gasteiger partial charge in [-0.3, -0.25) is 0 Å². The lowest BCUT2D eigenvalue weighted by Gasteiger charge is -2.09. The number of nitrogens with two attached hydrogens (primary N) is 1. The summed E-state index contributed by atoms with van der Waals surface area (Å²) in [5.41, 5.74) is 8.52. The molecule has 0 bridgehead atoms. The van der Waals surface area contributed by atoms with Gasteiger partial charge in [0.05, 0.1) is 12.1 Å². The van der Waals surface area contributed by atoms with Crippen LogP contribution in [-0.2, 0) is 12.7 Å². The standard InChI is InChI=1S/C17H18F3N3/c1-11-6-12(2)8-15(7-11)23-16(21)22-10-13-4-3-5-14(9-13)17(18,19)20/h3-9H,10H2,1-2H3,(H3,21,22,23). The molecule has 0 spiro atoms. The number of rotatable bonds is 3. The second kappa shape index (κ2) is 6.73. The van der Waals surface area contributed by atoms with Crippen LogP contribution in [0.5, 0.6) is 0 Å². The first-order valence-corrected chi connectivity index (χ1v) is 7.05. The Hall–Kier alpha value is -2.50. The van der Waals surface area contributed by atoms with E-state index in [-0.39, 0.29) is 12.5 Å². The molecule has 3 nitrogen and oxygen atoms in total. The number of benzene rings is 2. The number of hydrogen-bond donors (Lipinski definition) is 2. The van der Waals surface area contributed by atoms with Crippen LogP contribution in [0.2, 0.25) is 0 Å². The molecule has 0 aliphatic rings. The third-order valence-electron chi connectivity index (χ3n) is 3.18. The van der Waals surface area contributed by atoms with Crippen LogP contribution in [0.25, 0.3) is 0 Å². The summed E-state index contributed by atoms with van der Waals surface area (Å²) in [5.74, 6) is 0.160. The molecule has 0 amide bonds. The Kier molecular flexibility index (Phi) is 4.93. The predicted octanol–water partition coefficient (Wildman–Crippen LogP) is 4.25. The lowest BCUT2D eigenvalue weighted by Crippen LogP contribution is -2.22. The SMILES string of the molecule is Cc1cc(C)cc(NC(N)=NCc2cccc(C(F)(F)F)c2)c1. The van der Waals surface area contributed by atoms with Gasteiger partial charge in [-0.2, -0.15) is 13.2 Å². The number of aryl methyl sites for hydroxylation is 2. The molecule has 2 aromatic carbocycles. The molecule has 0 saturated heterocycles. The van der Waals surface area contributed by atoms with E-state index >= 15 is 0 Å². The molecule has 0 aliphatic carbocycles. The van der Waals surface area contributed by atoms with E-state index in [0.29, 0.717) is 5.56 Å². The van der Waals surface area contributed by atoms with Gasteiger partial charge in [-0.1, -0.05) is 18.2 Å². The van der Waals surface area contributed by atoms with Crippen molar-refractivity contribution >= 4 is 11.6 Å². The quantitative estimate of drug-likeness (QED) is 0.656. The maximum Gasteiger partial charge on any atom is 0.416 e. The van der Waals surface area contributed by atoms with Crippen LogP contribution in [0.1, 0.15) is 22.3 Å². The van der Waals surface area contributed by atoms with Crippen LogP contribution < -0.4 is 11.1 Å². The minimum Gasteiger partial charge on any atom is -0.370 e. The first-order chi connectivity index (χ1) is 10.7. The van der Waals surface area contributed by atoms with E-state index in [0.717, 1.165) is 28.9 Å². The van der Waals surface area contributed by atoms with E-state index in [2.05, 4.69) is 10.3 Å². The maximum absolute atomic E-state index is 12.7. The van der Waals surface area contributed by atoms with Crippen LogP contribution >= 0.6 is 0 Å². The van der Waals surface area contributed by atoms with Gasteiger partial charge in [-0.05, 0) is 54.8 Å². The van der Waals surface area contributed by atoms with Crippen LogP contribution in [0.15, 0.2) is 47.5 Å². The van der Waals surface area contributed by atoms with Gasteiger partial charge < -0.3 is 11.1 Å². The summed E-state index contributed by atoms with van der Waals surface area (Å²) in [6.45, 7) is 4.01. The van der Waals surface area contributed by atoms with Gasteiger partial charge in [0.15, 0.2) is 5.96 Å². The molecule has 0 aliphatic heterocycles. The van der Waals surface area contributed by atoms with E-state index in [4.69, 9.17) is 5.73 Å². The summed E-state index contributed by atoms with van der Waals surface area (Å²) in [5, 5.41) is 2.94. The van der Waals surface area contributed by atoms with Crippen molar-refractivity contribution in [2.24, 2.45) is 10.7 Å². The zero-order valence-electron chi connectivity index (χ0n) is 12.9. The highest BCUT2D eigenvalue weighted by Gasteiger charge is 2.30. The Morgan fingerprint density at radius 2 is 1.74 bits per heavy atom. The van der Waals surface area contributed by atoms with Gasteiger partial charge in [0.1, 0.15) is 0 Å². The van der Waals surface area contributed by atoms with Crippen LogP contribution in [0, 0.1) is 13.8 Å². The zero-order valence-corrected chi connectivity index (χ0v) is 12.9. The van der Waals surface area contributed by atoms with E-state index in [1.165, 1.54) is 6.07 Å². The summed E-state index contributed by atoms with van der Waals surface area (Å²) < 4.78 is 38.0. The average Bonchev–Trinajstić information content (AvgIpc) is 2.43. The Bertz CT molecular complexity index is 701. The molecule has 0 fully saturated rings. The van der Waals surface area contributed by atoms with Gasteiger partial charge in [-0.15, -0.1) is 0 Å². The molecule has 2 aromatic rings. The first-order valence-electron chi connectivity index (χ1n) is 7.05. The highest BCUT2D eigenvalue weighted by molar-refractivity contribution is 5.92. The monoisotopic (exact) mass is 321 g/mol. The van der Waals surface area contributed by atoms with Crippen molar-refractivity contribution in [1.29, 1.82) is 0 Å². The number of halogens is 3. The summed E-state index contributed by atoms with van der Waals surface area (Å²) in [4.78, 5) is 4.09. The number of nitrogens with one attached hydrogen (secondary N) is 1. The molecule has 0 heterocycles. The minimum atomic E-state index is -4.36. The third-order valence-corrected chi connectivity index (χ3v) is 3.18. The summed E-state index contributed by atoms with van der Waals surface area (Å²) in [6, 6.07) is 10.9. The van der Waals surface area contributed by atoms with Gasteiger partial charge in [0.25, 0.3) is 0 Å². The summed E-state index contributed by atoms with van der Waals surface area (Å²) >= 11 is 0. The van der Waals surface area contributed by atoms with Crippen molar-refractivity contribution < 1.29 is 13.2 Å². The molecule has 0 radical (unpaired) electrons. The minimum absolute atomic E-state index is 0.0769. The summed E-state index contributed by atoms with van der Waals surface area (Å²) in [6.07, 6.45) is -4.36. The molecular weight excluding hydrogens is 303 g/mol. The molecular formula is C17H18F3N3. The molecule has 0 saturated carbocycles. The topological polar surface area (TPSA) is 50.4 Å². The van der Waals surface area contributed by atoms with Crippen molar-refractivity contribution in [2.75, 3.05) is 5.32 Å². The van der Waals surface area contributed by atoms with Crippen molar-refractivity contribution in [3.63, 3.8) is 0 Å². The zero-order chi connectivity index (χ0) is 17.0. The van der Waals surface area contributed by atoms with Crippen LogP contribution in [-0.4, -0.2) is 5.96 Å². The lowest BCUT2D eigenvalue weighted by molar-refractivity contribution is -0.137. The number of guanidine groups is 1. The molecule has 0 unspecified atom stereocenters. The van der Waals surface area contributed by atoms with Crippen molar-refractivity contribution in [1.82, 2.24) is 0 Å². The normalized spacial score (nSPS) is 12.3. The first kappa shape index (κ1) is 16.9. The fourth-order valence-corrected chi connectivity index (χ4v) is 2.26. The van der Waals surface area contributed by atoms with E-state index in [1.807, 2.05) is 32.0 Å². The molecule has 2 rings (SSSR count). The Morgan fingerprint density at radius 1 is 1.09 bits per heavy atom. The highest BCUT2D eigenvalue weighted by atomic mass is 19.4. The Morgan fingerprint density at radius 3 is 2.35 bits per heavy atom. The number of anilines is 1. The average molecular weight is 321 g/mol. The molecule has 122 valence electrons. The molecule has 0 aromatic heterocycles. The second-order valence-corrected chi connectivity index (χ2v) is 5.40. The van der Waals surface area contributed by atoms with Crippen molar-refractivity contribution in [2.45, 2.75) is 26.6 Å². The second-order valence-electron chi connectivity index (χ2n) is 5.40. The third kappa shape index (κ3) is 5.02. The maximum atomic E-state index is 12.7. The Balaban J connectivity index is 2.07. The summed E-state index contributed by atoms with van der Waals surface area (Å²) in [7, 11) is 0. The largest absolute Gasteiger partial charge is 0.416 e. The van der Waals surface area contributed by atoms with Gasteiger partial charge >= 0.3 is 6.18 Å². The van der Waals surface area contributed by atoms with Crippen molar-refractivity contribution in [3.8, 4) is 0 Å². The van der Waals surface area contributed by atoms with Crippen LogP contribution in [0.4, 0.5) is 18.9 Å². The van der Waals surface area contributed by atoms with E-state index in [9.17, 15) is 13.2 Å². The fourth-order valence-electron chi connectivity index (χ4n) is 2.26.